The van der Waals surface area contributed by atoms with E-state index < -0.39 is 0 Å². The van der Waals surface area contributed by atoms with Crippen LogP contribution in [0.1, 0.15) is 26.7 Å². The van der Waals surface area contributed by atoms with Gasteiger partial charge < -0.3 is 0 Å². The highest BCUT2D eigenvalue weighted by atomic mass is 32.1. The Kier molecular flexibility index (Phi) is 2.98. The van der Waals surface area contributed by atoms with Crippen LogP contribution in [0.2, 0.25) is 0 Å². The summed E-state index contributed by atoms with van der Waals surface area (Å²) in [6.07, 6.45) is 4.17. The van der Waals surface area contributed by atoms with Gasteiger partial charge in [-0.3, -0.25) is 0 Å². The van der Waals surface area contributed by atoms with Gasteiger partial charge >= 0.3 is 5.11 Å². The highest BCUT2D eigenvalue weighted by molar-refractivity contribution is 7.80. The Morgan fingerprint density at radius 1 is 1.31 bits per heavy atom. The number of quaternary nitrogens is 1. The van der Waals surface area contributed by atoms with Gasteiger partial charge in [-0.2, -0.15) is 4.99 Å². The van der Waals surface area contributed by atoms with E-state index in [1.807, 2.05) is 0 Å². The predicted octanol–water partition coefficient (Wildman–Crippen LogP) is 2.51. The van der Waals surface area contributed by atoms with Gasteiger partial charge in [0.2, 0.25) is 0 Å². The maximum atomic E-state index is 5.27. The molecule has 0 aromatic heterocycles. The minimum atomic E-state index is 0.648. The zero-order chi connectivity index (χ0) is 10.1. The van der Waals surface area contributed by atoms with Crippen LogP contribution in [0.5, 0.6) is 0 Å². The molecule has 0 unspecified atom stereocenters. The average Bonchev–Trinajstić information content (AvgIpc) is 2.09. The molecule has 72 valence electrons. The molecule has 0 radical (unpaired) electrons. The Labute approximate surface area is 85.6 Å². The van der Waals surface area contributed by atoms with Crippen LogP contribution in [0.15, 0.2) is 16.8 Å². The number of rotatable bonds is 2. The van der Waals surface area contributed by atoms with Crippen LogP contribution >= 0.6 is 12.2 Å². The van der Waals surface area contributed by atoms with Crippen molar-refractivity contribution in [1.82, 2.24) is 0 Å². The molecule has 0 saturated heterocycles. The van der Waals surface area contributed by atoms with Crippen LogP contribution in [0.3, 0.4) is 0 Å². The maximum absolute atomic E-state index is 5.27. The molecule has 13 heavy (non-hydrogen) atoms. The number of allylic oxidation sites excluding steroid dienone is 2. The van der Waals surface area contributed by atoms with E-state index in [0.29, 0.717) is 4.48 Å². The summed E-state index contributed by atoms with van der Waals surface area (Å²) in [6.45, 7) is 4.27. The van der Waals surface area contributed by atoms with Gasteiger partial charge in [0.1, 0.15) is 5.70 Å². The first kappa shape index (κ1) is 10.5. The number of aliphatic imine (C=N–C) groups is 1. The van der Waals surface area contributed by atoms with Gasteiger partial charge in [0.05, 0.1) is 19.8 Å². The number of hydrogen-bond donors (Lipinski definition) is 0. The number of hydrogen-bond acceptors (Lipinski definition) is 1. The summed E-state index contributed by atoms with van der Waals surface area (Å²) in [7, 11) is 4.18. The molecule has 1 aliphatic rings. The third kappa shape index (κ3) is 1.86. The molecular formula is C10H17N2S+. The van der Waals surface area contributed by atoms with Gasteiger partial charge in [-0.1, -0.05) is 13.8 Å². The zero-order valence-electron chi connectivity index (χ0n) is 8.79. The van der Waals surface area contributed by atoms with Gasteiger partial charge in [-0.05, 0) is 6.42 Å². The first-order valence-corrected chi connectivity index (χ1v) is 5.10. The Balaban J connectivity index is 3.08. The van der Waals surface area contributed by atoms with Crippen molar-refractivity contribution in [3.63, 3.8) is 0 Å². The molecule has 2 nitrogen and oxygen atoms in total. The first-order valence-electron chi connectivity index (χ1n) is 4.69. The lowest BCUT2D eigenvalue weighted by molar-refractivity contribution is -0.757. The van der Waals surface area contributed by atoms with Crippen LogP contribution in [-0.2, 0) is 0 Å². The van der Waals surface area contributed by atoms with Crippen molar-refractivity contribution in [2.45, 2.75) is 26.7 Å². The fourth-order valence-electron chi connectivity index (χ4n) is 1.44. The van der Waals surface area contributed by atoms with Crippen LogP contribution in [0, 0.1) is 0 Å². The van der Waals surface area contributed by atoms with E-state index in [2.05, 4.69) is 39.0 Å². The lowest BCUT2D eigenvalue weighted by Gasteiger charge is -2.31. The Bertz CT molecular complexity index is 287. The van der Waals surface area contributed by atoms with E-state index in [9.17, 15) is 0 Å². The summed E-state index contributed by atoms with van der Waals surface area (Å²) < 4.78 is 0.648. The molecule has 1 heterocycles. The molecule has 0 saturated carbocycles. The molecule has 1 aliphatic heterocycles. The summed E-state index contributed by atoms with van der Waals surface area (Å²) in [6, 6.07) is 0. The highest BCUT2D eigenvalue weighted by Gasteiger charge is 2.30. The molecule has 0 spiro atoms. The van der Waals surface area contributed by atoms with Crippen LogP contribution in [0.4, 0.5) is 0 Å². The topological polar surface area (TPSA) is 12.4 Å². The minimum Gasteiger partial charge on any atom is -0.241 e. The molecule has 3 heteroatoms. The summed E-state index contributed by atoms with van der Waals surface area (Å²) in [5.74, 6) is 0. The molecule has 0 atom stereocenters. The monoisotopic (exact) mass is 197 g/mol. The fourth-order valence-corrected chi connectivity index (χ4v) is 1.67. The quantitative estimate of drug-likeness (QED) is 0.489. The van der Waals surface area contributed by atoms with Crippen LogP contribution < -0.4 is 0 Å². The summed E-state index contributed by atoms with van der Waals surface area (Å²) in [4.78, 5) is 4.40. The van der Waals surface area contributed by atoms with E-state index >= 15 is 0 Å². The number of nitrogens with zero attached hydrogens (tertiary/aromatic N) is 2. The molecule has 0 aromatic rings. The Hall–Kier alpha value is -0.540. The second-order valence-electron chi connectivity index (χ2n) is 3.68. The Morgan fingerprint density at radius 3 is 2.38 bits per heavy atom. The minimum absolute atomic E-state index is 0.648. The average molecular weight is 197 g/mol. The summed E-state index contributed by atoms with van der Waals surface area (Å²) in [5.41, 5.74) is 2.45. The molecule has 0 N–H and O–H groups in total. The summed E-state index contributed by atoms with van der Waals surface area (Å²) >= 11 is 5.27. The van der Waals surface area contributed by atoms with Crippen molar-refractivity contribution < 1.29 is 4.48 Å². The lowest BCUT2D eigenvalue weighted by atomic mass is 10.1. The van der Waals surface area contributed by atoms with Crippen LogP contribution in [-0.4, -0.2) is 29.4 Å². The maximum Gasteiger partial charge on any atom is 0.300 e. The zero-order valence-corrected chi connectivity index (χ0v) is 9.61. The molecule has 0 aromatic carbocycles. The van der Waals surface area contributed by atoms with Gasteiger partial charge in [0.15, 0.2) is 0 Å². The van der Waals surface area contributed by atoms with Crippen molar-refractivity contribution in [1.29, 1.82) is 0 Å². The second-order valence-corrected chi connectivity index (χ2v) is 4.05. The van der Waals surface area contributed by atoms with Crippen molar-refractivity contribution in [3.8, 4) is 0 Å². The SMILES string of the molecule is CCC1=CC(CC)=NC(=S)[N+]1(C)C. The molecule has 0 amide bonds. The molecule has 0 bridgehead atoms. The molecule has 0 fully saturated rings. The smallest absolute Gasteiger partial charge is 0.241 e. The predicted molar refractivity (Wildman–Crippen MR) is 60.8 cm³/mol. The van der Waals surface area contributed by atoms with E-state index in [4.69, 9.17) is 12.2 Å². The van der Waals surface area contributed by atoms with Crippen molar-refractivity contribution in [3.05, 3.63) is 11.8 Å². The number of thiocarbonyl (C=S) groups is 1. The van der Waals surface area contributed by atoms with E-state index in [1.165, 1.54) is 5.70 Å². The first-order chi connectivity index (χ1) is 6.02. The molecule has 0 aliphatic carbocycles. The van der Waals surface area contributed by atoms with Gasteiger partial charge in [-0.15, -0.1) is 0 Å². The highest BCUT2D eigenvalue weighted by Crippen LogP contribution is 2.21. The largest absolute Gasteiger partial charge is 0.300 e. The van der Waals surface area contributed by atoms with E-state index in [1.54, 1.807) is 0 Å². The Morgan fingerprint density at radius 2 is 1.92 bits per heavy atom. The normalized spacial score (nSPS) is 21.1. The van der Waals surface area contributed by atoms with Crippen LogP contribution in [0.25, 0.3) is 0 Å². The third-order valence-corrected chi connectivity index (χ3v) is 3.04. The third-order valence-electron chi connectivity index (χ3n) is 2.49. The van der Waals surface area contributed by atoms with Gasteiger partial charge in [0.25, 0.3) is 0 Å². The molecule has 1 rings (SSSR count). The standard InChI is InChI=1S/C10H17N2S/c1-5-8-7-9(6-2)12(3,4)10(13)11-8/h7H,5-6H2,1-4H3/q+1. The van der Waals surface area contributed by atoms with Gasteiger partial charge in [-0.25, -0.2) is 4.48 Å². The summed E-state index contributed by atoms with van der Waals surface area (Å²) in [5, 5.41) is 0.774. The molecular weight excluding hydrogens is 180 g/mol. The fraction of sp³-hybridized carbons (Fsp3) is 0.600. The van der Waals surface area contributed by atoms with E-state index in [-0.39, 0.29) is 0 Å². The van der Waals surface area contributed by atoms with Gasteiger partial charge in [0, 0.05) is 24.7 Å². The lowest BCUT2D eigenvalue weighted by Crippen LogP contribution is -2.44. The van der Waals surface area contributed by atoms with Crippen molar-refractivity contribution in [2.24, 2.45) is 4.99 Å². The van der Waals surface area contributed by atoms with Crippen molar-refractivity contribution >= 4 is 23.0 Å². The second kappa shape index (κ2) is 3.68. The van der Waals surface area contributed by atoms with Crippen molar-refractivity contribution in [2.75, 3.05) is 14.1 Å². The van der Waals surface area contributed by atoms with E-state index in [0.717, 1.165) is 23.7 Å².